The minimum Gasteiger partial charge on any atom is -0.395 e. The first-order valence-electron chi connectivity index (χ1n) is 5.38. The molecular weight excluding hydrogens is 228 g/mol. The van der Waals surface area contributed by atoms with E-state index in [2.05, 4.69) is 4.98 Å². The summed E-state index contributed by atoms with van der Waals surface area (Å²) >= 11 is 0. The van der Waals surface area contributed by atoms with Gasteiger partial charge in [0.1, 0.15) is 5.82 Å². The number of hydrogen-bond acceptors (Lipinski definition) is 4. The number of aromatic nitrogens is 1. The number of halogens is 2. The first-order valence-corrected chi connectivity index (χ1v) is 5.38. The zero-order valence-electron chi connectivity index (χ0n) is 9.74. The highest BCUT2D eigenvalue weighted by Gasteiger charge is 2.14. The lowest BCUT2D eigenvalue weighted by atomic mass is 10.2. The van der Waals surface area contributed by atoms with Gasteiger partial charge in [-0.05, 0) is 24.6 Å². The number of anilines is 1. The molecule has 1 aromatic rings. The Morgan fingerprint density at radius 2 is 2.18 bits per heavy atom. The molecule has 0 aromatic carbocycles. The molecule has 0 radical (unpaired) electrons. The predicted molar refractivity (Wildman–Crippen MR) is 62.2 cm³/mol. The Kier molecular flexibility index (Phi) is 5.24. The molecule has 0 aliphatic carbocycles. The summed E-state index contributed by atoms with van der Waals surface area (Å²) in [4.78, 5) is 5.54. The van der Waals surface area contributed by atoms with E-state index >= 15 is 0 Å². The molecule has 0 saturated carbocycles. The molecule has 1 heterocycles. The van der Waals surface area contributed by atoms with Crippen LogP contribution in [0.1, 0.15) is 11.3 Å². The van der Waals surface area contributed by atoms with Crippen molar-refractivity contribution >= 4 is 5.82 Å². The second-order valence-corrected chi connectivity index (χ2v) is 3.74. The second kappa shape index (κ2) is 6.46. The Bertz CT molecular complexity index is 361. The summed E-state index contributed by atoms with van der Waals surface area (Å²) in [5, 5.41) is 8.87. The molecule has 0 aliphatic rings. The van der Waals surface area contributed by atoms with Crippen molar-refractivity contribution in [2.24, 2.45) is 5.73 Å². The van der Waals surface area contributed by atoms with Crippen LogP contribution in [0.5, 0.6) is 0 Å². The molecule has 0 saturated heterocycles. The summed E-state index contributed by atoms with van der Waals surface area (Å²) in [6, 6.07) is 3.48. The van der Waals surface area contributed by atoms with E-state index in [0.717, 1.165) is 11.3 Å². The molecule has 96 valence electrons. The van der Waals surface area contributed by atoms with E-state index in [1.54, 1.807) is 13.0 Å². The van der Waals surface area contributed by atoms with Gasteiger partial charge in [0.15, 0.2) is 0 Å². The van der Waals surface area contributed by atoms with Gasteiger partial charge in [-0.1, -0.05) is 0 Å². The van der Waals surface area contributed by atoms with E-state index in [4.69, 9.17) is 10.8 Å². The fourth-order valence-electron chi connectivity index (χ4n) is 1.59. The highest BCUT2D eigenvalue weighted by Crippen LogP contribution is 2.16. The highest BCUT2D eigenvalue weighted by molar-refractivity contribution is 5.42. The number of alkyl halides is 2. The van der Waals surface area contributed by atoms with Crippen molar-refractivity contribution in [2.45, 2.75) is 19.9 Å². The van der Waals surface area contributed by atoms with Gasteiger partial charge in [0.25, 0.3) is 6.43 Å². The molecule has 17 heavy (non-hydrogen) atoms. The molecule has 0 fully saturated rings. The number of rotatable bonds is 6. The summed E-state index contributed by atoms with van der Waals surface area (Å²) in [6.07, 6.45) is -2.47. The number of nitrogens with two attached hydrogens (primary N) is 1. The average molecular weight is 245 g/mol. The maximum absolute atomic E-state index is 12.4. The van der Waals surface area contributed by atoms with E-state index in [1.807, 2.05) is 6.07 Å². The van der Waals surface area contributed by atoms with Gasteiger partial charge >= 0.3 is 0 Å². The van der Waals surface area contributed by atoms with Crippen molar-refractivity contribution in [3.63, 3.8) is 0 Å². The van der Waals surface area contributed by atoms with Crippen molar-refractivity contribution < 1.29 is 13.9 Å². The smallest absolute Gasteiger partial charge is 0.255 e. The van der Waals surface area contributed by atoms with Gasteiger partial charge in [-0.15, -0.1) is 0 Å². The lowest BCUT2D eigenvalue weighted by Gasteiger charge is -2.23. The normalized spacial score (nSPS) is 10.9. The van der Waals surface area contributed by atoms with E-state index in [1.165, 1.54) is 4.90 Å². The summed E-state index contributed by atoms with van der Waals surface area (Å²) in [6.45, 7) is 1.60. The number of aryl methyl sites for hydroxylation is 1. The quantitative estimate of drug-likeness (QED) is 0.782. The maximum atomic E-state index is 12.4. The molecule has 1 rings (SSSR count). The van der Waals surface area contributed by atoms with Gasteiger partial charge in [0.2, 0.25) is 0 Å². The third-order valence-corrected chi connectivity index (χ3v) is 2.29. The Labute approximate surface area is 99.1 Å². The van der Waals surface area contributed by atoms with Crippen LogP contribution >= 0.6 is 0 Å². The molecule has 0 unspecified atom stereocenters. The lowest BCUT2D eigenvalue weighted by Crippen LogP contribution is -2.32. The van der Waals surface area contributed by atoms with Crippen LogP contribution in [0.2, 0.25) is 0 Å². The summed E-state index contributed by atoms with van der Waals surface area (Å²) in [5.41, 5.74) is 7.08. The monoisotopic (exact) mass is 245 g/mol. The van der Waals surface area contributed by atoms with Gasteiger partial charge in [-0.25, -0.2) is 13.8 Å². The fourth-order valence-corrected chi connectivity index (χ4v) is 1.59. The zero-order chi connectivity index (χ0) is 12.8. The molecule has 4 nitrogen and oxygen atoms in total. The van der Waals surface area contributed by atoms with E-state index in [9.17, 15) is 8.78 Å². The predicted octanol–water partition coefficient (Wildman–Crippen LogP) is 0.913. The fraction of sp³-hybridized carbons (Fsp3) is 0.545. The highest BCUT2D eigenvalue weighted by atomic mass is 19.3. The molecule has 0 aliphatic heterocycles. The van der Waals surface area contributed by atoms with Gasteiger partial charge in [-0.2, -0.15) is 0 Å². The Morgan fingerprint density at radius 3 is 2.71 bits per heavy atom. The third kappa shape index (κ3) is 4.24. The molecular formula is C11H17F2N3O. The standard InChI is InChI=1S/C11H17F2N3O/c1-8-4-9(6-14)5-11(15-8)16(2-3-17)7-10(12)13/h4-5,10,17H,2-3,6-7,14H2,1H3. The number of aliphatic hydroxyl groups is 1. The zero-order valence-corrected chi connectivity index (χ0v) is 9.74. The minimum absolute atomic E-state index is 0.130. The van der Waals surface area contributed by atoms with Crippen molar-refractivity contribution in [2.75, 3.05) is 24.6 Å². The number of hydrogen-bond donors (Lipinski definition) is 2. The van der Waals surface area contributed by atoms with Crippen molar-refractivity contribution in [3.8, 4) is 0 Å². The molecule has 3 N–H and O–H groups in total. The topological polar surface area (TPSA) is 62.4 Å². The molecule has 0 atom stereocenters. The van der Waals surface area contributed by atoms with Crippen molar-refractivity contribution in [1.29, 1.82) is 0 Å². The van der Waals surface area contributed by atoms with E-state index in [-0.39, 0.29) is 13.2 Å². The molecule has 0 bridgehead atoms. The van der Waals surface area contributed by atoms with E-state index in [0.29, 0.717) is 12.4 Å². The summed E-state index contributed by atoms with van der Waals surface area (Å²) in [7, 11) is 0. The summed E-state index contributed by atoms with van der Waals surface area (Å²) < 4.78 is 24.8. The van der Waals surface area contributed by atoms with Gasteiger partial charge in [0, 0.05) is 18.8 Å². The first kappa shape index (κ1) is 13.8. The van der Waals surface area contributed by atoms with Crippen LogP contribution < -0.4 is 10.6 Å². The lowest BCUT2D eigenvalue weighted by molar-refractivity contribution is 0.152. The van der Waals surface area contributed by atoms with Crippen molar-refractivity contribution in [1.82, 2.24) is 4.98 Å². The Balaban J connectivity index is 2.95. The van der Waals surface area contributed by atoms with E-state index < -0.39 is 13.0 Å². The Morgan fingerprint density at radius 1 is 1.47 bits per heavy atom. The van der Waals surface area contributed by atoms with Crippen LogP contribution in [0, 0.1) is 6.92 Å². The van der Waals surface area contributed by atoms with Crippen LogP contribution in [0.15, 0.2) is 12.1 Å². The Hall–Kier alpha value is -1.27. The number of pyridine rings is 1. The first-order chi connectivity index (χ1) is 8.06. The number of aliphatic hydroxyl groups excluding tert-OH is 1. The van der Waals surface area contributed by atoms with Crippen molar-refractivity contribution in [3.05, 3.63) is 23.4 Å². The summed E-state index contributed by atoms with van der Waals surface area (Å²) in [5.74, 6) is 0.430. The van der Waals surface area contributed by atoms with Crippen LogP contribution in [-0.4, -0.2) is 36.2 Å². The molecule has 0 spiro atoms. The van der Waals surface area contributed by atoms with Gasteiger partial charge in [-0.3, -0.25) is 0 Å². The largest absolute Gasteiger partial charge is 0.395 e. The van der Waals surface area contributed by atoms with Crippen LogP contribution in [0.25, 0.3) is 0 Å². The number of nitrogens with zero attached hydrogens (tertiary/aromatic N) is 2. The molecule has 0 amide bonds. The van der Waals surface area contributed by atoms with Crippen LogP contribution in [0.3, 0.4) is 0 Å². The SMILES string of the molecule is Cc1cc(CN)cc(N(CCO)CC(F)F)n1. The minimum atomic E-state index is -2.47. The van der Waals surface area contributed by atoms with Gasteiger partial charge in [0.05, 0.1) is 13.2 Å². The van der Waals surface area contributed by atoms with Gasteiger partial charge < -0.3 is 15.7 Å². The molecule has 6 heteroatoms. The molecule has 1 aromatic heterocycles. The van der Waals surface area contributed by atoms with Crippen LogP contribution in [0.4, 0.5) is 14.6 Å². The van der Waals surface area contributed by atoms with Crippen LogP contribution in [-0.2, 0) is 6.54 Å². The second-order valence-electron chi connectivity index (χ2n) is 3.74. The average Bonchev–Trinajstić information content (AvgIpc) is 2.27. The third-order valence-electron chi connectivity index (χ3n) is 2.29. The maximum Gasteiger partial charge on any atom is 0.255 e.